The molecule has 134 valence electrons. The molecule has 1 aromatic carbocycles. The molecular formula is C17H20FN3O4. The third-order valence-electron chi connectivity index (χ3n) is 3.60. The van der Waals surface area contributed by atoms with Gasteiger partial charge in [0, 0.05) is 12.0 Å². The average molecular weight is 349 g/mol. The normalized spacial score (nSPS) is 11.7. The van der Waals surface area contributed by atoms with Crippen molar-refractivity contribution in [3.05, 3.63) is 47.1 Å². The number of aryl methyl sites for hydroxylation is 2. The van der Waals surface area contributed by atoms with Gasteiger partial charge in [0.05, 0.1) is 5.69 Å². The number of nitrogens with one attached hydrogen (secondary N) is 2. The second-order valence-electron chi connectivity index (χ2n) is 5.55. The third-order valence-corrected chi connectivity index (χ3v) is 3.60. The van der Waals surface area contributed by atoms with Crippen LogP contribution < -0.4 is 15.6 Å². The Hall–Kier alpha value is -2.90. The molecule has 2 aromatic rings. The van der Waals surface area contributed by atoms with E-state index in [9.17, 15) is 14.0 Å². The van der Waals surface area contributed by atoms with E-state index in [-0.39, 0.29) is 12.3 Å². The topological polar surface area (TPSA) is 93.5 Å². The molecule has 0 saturated carbocycles. The summed E-state index contributed by atoms with van der Waals surface area (Å²) in [5, 5.41) is 3.82. The van der Waals surface area contributed by atoms with Gasteiger partial charge in [-0.2, -0.15) is 0 Å². The van der Waals surface area contributed by atoms with Gasteiger partial charge in [-0.25, -0.2) is 4.39 Å². The van der Waals surface area contributed by atoms with Crippen molar-refractivity contribution in [2.45, 2.75) is 39.7 Å². The van der Waals surface area contributed by atoms with E-state index in [2.05, 4.69) is 16.0 Å². The molecular weight excluding hydrogens is 329 g/mol. The van der Waals surface area contributed by atoms with Gasteiger partial charge in [-0.3, -0.25) is 20.4 Å². The zero-order valence-electron chi connectivity index (χ0n) is 14.3. The van der Waals surface area contributed by atoms with Crippen LogP contribution in [0.3, 0.4) is 0 Å². The van der Waals surface area contributed by atoms with Gasteiger partial charge >= 0.3 is 0 Å². The SMILES string of the molecule is Cc1noc(C)c1CCC(=O)NNC(=O)C(C)Oc1ccc(F)cc1. The number of aromatic nitrogens is 1. The van der Waals surface area contributed by atoms with Crippen LogP contribution in [0, 0.1) is 19.7 Å². The molecule has 1 atom stereocenters. The van der Waals surface area contributed by atoms with Gasteiger partial charge < -0.3 is 9.26 Å². The maximum absolute atomic E-state index is 12.8. The number of carbonyl (C=O) groups excluding carboxylic acids is 2. The van der Waals surface area contributed by atoms with E-state index in [1.165, 1.54) is 31.2 Å². The van der Waals surface area contributed by atoms with E-state index in [1.807, 2.05) is 0 Å². The third kappa shape index (κ3) is 5.30. The molecule has 1 unspecified atom stereocenters. The van der Waals surface area contributed by atoms with E-state index in [1.54, 1.807) is 13.8 Å². The maximum atomic E-state index is 12.8. The summed E-state index contributed by atoms with van der Waals surface area (Å²) in [6, 6.07) is 5.30. The van der Waals surface area contributed by atoms with Gasteiger partial charge in [-0.05, 0) is 51.5 Å². The number of ether oxygens (including phenoxy) is 1. The van der Waals surface area contributed by atoms with Crippen LogP contribution in [0.5, 0.6) is 5.75 Å². The molecule has 2 rings (SSSR count). The smallest absolute Gasteiger partial charge is 0.279 e. The van der Waals surface area contributed by atoms with Gasteiger partial charge in [-0.1, -0.05) is 5.16 Å². The van der Waals surface area contributed by atoms with Crippen molar-refractivity contribution in [2.24, 2.45) is 0 Å². The number of rotatable bonds is 6. The lowest BCUT2D eigenvalue weighted by Gasteiger charge is -2.15. The first kappa shape index (κ1) is 18.4. The molecule has 2 N–H and O–H groups in total. The van der Waals surface area contributed by atoms with Crippen LogP contribution in [-0.4, -0.2) is 23.1 Å². The highest BCUT2D eigenvalue weighted by Crippen LogP contribution is 2.14. The number of benzene rings is 1. The zero-order valence-corrected chi connectivity index (χ0v) is 14.3. The van der Waals surface area contributed by atoms with Crippen LogP contribution in [-0.2, 0) is 16.0 Å². The Balaban J connectivity index is 1.74. The monoisotopic (exact) mass is 349 g/mol. The van der Waals surface area contributed by atoms with Gasteiger partial charge in [0.15, 0.2) is 6.10 Å². The second-order valence-corrected chi connectivity index (χ2v) is 5.55. The lowest BCUT2D eigenvalue weighted by atomic mass is 10.1. The fourth-order valence-corrected chi connectivity index (χ4v) is 2.16. The van der Waals surface area contributed by atoms with Crippen LogP contribution in [0.1, 0.15) is 30.4 Å². The van der Waals surface area contributed by atoms with Crippen molar-refractivity contribution < 1.29 is 23.2 Å². The molecule has 25 heavy (non-hydrogen) atoms. The standard InChI is InChI=1S/C17H20FN3O4/c1-10-15(11(2)25-21-10)8-9-16(22)19-20-17(23)12(3)24-14-6-4-13(18)5-7-14/h4-7,12H,8-9H2,1-3H3,(H,19,22)(H,20,23). The molecule has 0 aliphatic heterocycles. The summed E-state index contributed by atoms with van der Waals surface area (Å²) in [5.41, 5.74) is 6.26. The van der Waals surface area contributed by atoms with Gasteiger partial charge in [0.2, 0.25) is 5.91 Å². The largest absolute Gasteiger partial charge is 0.481 e. The molecule has 0 saturated heterocycles. The van der Waals surface area contributed by atoms with Crippen molar-refractivity contribution in [1.29, 1.82) is 0 Å². The molecule has 0 bridgehead atoms. The summed E-state index contributed by atoms with van der Waals surface area (Å²) in [6.07, 6.45) is -0.214. The number of hydrogen-bond donors (Lipinski definition) is 2. The van der Waals surface area contributed by atoms with Crippen molar-refractivity contribution in [3.8, 4) is 5.75 Å². The molecule has 1 aromatic heterocycles. The minimum absolute atomic E-state index is 0.177. The predicted octanol–water partition coefficient (Wildman–Crippen LogP) is 1.98. The Bertz CT molecular complexity index is 723. The van der Waals surface area contributed by atoms with Crippen LogP contribution in [0.4, 0.5) is 4.39 Å². The van der Waals surface area contributed by atoms with E-state index < -0.39 is 17.8 Å². The highest BCUT2D eigenvalue weighted by atomic mass is 19.1. The highest BCUT2D eigenvalue weighted by Gasteiger charge is 2.16. The van der Waals surface area contributed by atoms with E-state index in [4.69, 9.17) is 9.26 Å². The Kier molecular flexibility index (Phi) is 6.10. The number of amides is 2. The van der Waals surface area contributed by atoms with Gasteiger partial charge in [0.1, 0.15) is 17.3 Å². The van der Waals surface area contributed by atoms with E-state index in [0.29, 0.717) is 17.9 Å². The maximum Gasteiger partial charge on any atom is 0.279 e. The van der Waals surface area contributed by atoms with E-state index in [0.717, 1.165) is 11.3 Å². The minimum Gasteiger partial charge on any atom is -0.481 e. The minimum atomic E-state index is -0.853. The fraction of sp³-hybridized carbons (Fsp3) is 0.353. The summed E-state index contributed by atoms with van der Waals surface area (Å²) in [6.45, 7) is 5.11. The summed E-state index contributed by atoms with van der Waals surface area (Å²) >= 11 is 0. The molecule has 1 heterocycles. The molecule has 7 nitrogen and oxygen atoms in total. The molecule has 2 amide bonds. The van der Waals surface area contributed by atoms with Crippen LogP contribution in [0.2, 0.25) is 0 Å². The van der Waals surface area contributed by atoms with Crippen LogP contribution in [0.25, 0.3) is 0 Å². The number of hydrogen-bond acceptors (Lipinski definition) is 5. The first-order valence-electron chi connectivity index (χ1n) is 7.79. The number of halogens is 1. The predicted molar refractivity (Wildman–Crippen MR) is 87.1 cm³/mol. The summed E-state index contributed by atoms with van der Waals surface area (Å²) in [4.78, 5) is 23.7. The van der Waals surface area contributed by atoms with Crippen molar-refractivity contribution >= 4 is 11.8 Å². The Morgan fingerprint density at radius 3 is 2.52 bits per heavy atom. The van der Waals surface area contributed by atoms with Crippen LogP contribution >= 0.6 is 0 Å². The zero-order chi connectivity index (χ0) is 18.4. The molecule has 8 heteroatoms. The molecule has 0 radical (unpaired) electrons. The molecule has 0 fully saturated rings. The highest BCUT2D eigenvalue weighted by molar-refractivity contribution is 5.84. The summed E-state index contributed by atoms with van der Waals surface area (Å²) in [5.74, 6) is -0.225. The number of nitrogens with zero attached hydrogens (tertiary/aromatic N) is 1. The Morgan fingerprint density at radius 2 is 1.92 bits per heavy atom. The first-order chi connectivity index (χ1) is 11.9. The number of carbonyl (C=O) groups is 2. The lowest BCUT2D eigenvalue weighted by Crippen LogP contribution is -2.47. The summed E-state index contributed by atoms with van der Waals surface area (Å²) in [7, 11) is 0. The second kappa shape index (κ2) is 8.27. The van der Waals surface area contributed by atoms with Crippen molar-refractivity contribution in [1.82, 2.24) is 16.0 Å². The Labute approximate surface area is 144 Å². The molecule has 0 aliphatic carbocycles. The van der Waals surface area contributed by atoms with Crippen LogP contribution in [0.15, 0.2) is 28.8 Å². The molecule has 0 spiro atoms. The average Bonchev–Trinajstić information content (AvgIpc) is 2.91. The van der Waals surface area contributed by atoms with Gasteiger partial charge in [0.25, 0.3) is 5.91 Å². The first-order valence-corrected chi connectivity index (χ1v) is 7.79. The van der Waals surface area contributed by atoms with E-state index >= 15 is 0 Å². The summed E-state index contributed by atoms with van der Waals surface area (Å²) < 4.78 is 23.2. The quantitative estimate of drug-likeness (QED) is 0.778. The molecule has 0 aliphatic rings. The fourth-order valence-electron chi connectivity index (χ4n) is 2.16. The number of hydrazine groups is 1. The van der Waals surface area contributed by atoms with Gasteiger partial charge in [-0.15, -0.1) is 0 Å². The Morgan fingerprint density at radius 1 is 1.24 bits per heavy atom. The van der Waals surface area contributed by atoms with Crippen molar-refractivity contribution in [3.63, 3.8) is 0 Å². The lowest BCUT2D eigenvalue weighted by molar-refractivity contribution is -0.132. The van der Waals surface area contributed by atoms with Crippen molar-refractivity contribution in [2.75, 3.05) is 0 Å².